The van der Waals surface area contributed by atoms with Crippen molar-refractivity contribution >= 4 is 29.1 Å². The lowest BCUT2D eigenvalue weighted by Gasteiger charge is -2.05. The van der Waals surface area contributed by atoms with Crippen molar-refractivity contribution in [3.63, 3.8) is 0 Å². The van der Waals surface area contributed by atoms with E-state index in [4.69, 9.17) is 11.6 Å². The SMILES string of the molecule is O=C(CSc1ccccc1Cl)Cc1c(F)cccc1F. The summed E-state index contributed by atoms with van der Waals surface area (Å²) in [4.78, 5) is 12.6. The van der Waals surface area contributed by atoms with Crippen LogP contribution in [0, 0.1) is 11.6 Å². The van der Waals surface area contributed by atoms with E-state index >= 15 is 0 Å². The molecule has 5 heteroatoms. The summed E-state index contributed by atoms with van der Waals surface area (Å²) in [5.74, 6) is -1.52. The van der Waals surface area contributed by atoms with Crippen molar-refractivity contribution in [3.8, 4) is 0 Å². The van der Waals surface area contributed by atoms with Gasteiger partial charge in [0.1, 0.15) is 17.4 Å². The molecule has 0 saturated carbocycles. The van der Waals surface area contributed by atoms with Crippen LogP contribution in [0.15, 0.2) is 47.4 Å². The van der Waals surface area contributed by atoms with Gasteiger partial charge in [0.25, 0.3) is 0 Å². The first-order valence-corrected chi connectivity index (χ1v) is 7.26. The van der Waals surface area contributed by atoms with Crippen molar-refractivity contribution in [1.29, 1.82) is 0 Å². The molecular weight excluding hydrogens is 302 g/mol. The smallest absolute Gasteiger partial charge is 0.147 e. The summed E-state index contributed by atoms with van der Waals surface area (Å²) in [7, 11) is 0. The average molecular weight is 313 g/mol. The summed E-state index contributed by atoms with van der Waals surface area (Å²) >= 11 is 7.23. The standard InChI is InChI=1S/C15H11ClF2OS/c16-12-4-1-2-7-15(12)20-9-10(19)8-11-13(17)5-3-6-14(11)18/h1-7H,8-9H2. The van der Waals surface area contributed by atoms with Crippen LogP contribution in [-0.2, 0) is 11.2 Å². The molecule has 0 radical (unpaired) electrons. The summed E-state index contributed by atoms with van der Waals surface area (Å²) in [6.45, 7) is 0. The number of carbonyl (C=O) groups excluding carboxylic acids is 1. The zero-order valence-corrected chi connectivity index (χ0v) is 12.0. The number of halogens is 3. The van der Waals surface area contributed by atoms with Gasteiger partial charge in [-0.05, 0) is 24.3 Å². The molecule has 104 valence electrons. The Morgan fingerprint density at radius 3 is 2.35 bits per heavy atom. The maximum atomic E-state index is 13.4. The Labute approximate surface area is 125 Å². The van der Waals surface area contributed by atoms with Gasteiger partial charge >= 0.3 is 0 Å². The van der Waals surface area contributed by atoms with Crippen LogP contribution in [0.5, 0.6) is 0 Å². The van der Waals surface area contributed by atoms with Gasteiger partial charge in [0.05, 0.1) is 10.8 Å². The minimum Gasteiger partial charge on any atom is -0.298 e. The Balaban J connectivity index is 1.98. The lowest BCUT2D eigenvalue weighted by molar-refractivity contribution is -0.116. The monoisotopic (exact) mass is 312 g/mol. The first-order valence-electron chi connectivity index (χ1n) is 5.90. The van der Waals surface area contributed by atoms with Gasteiger partial charge in [-0.3, -0.25) is 4.79 Å². The molecule has 20 heavy (non-hydrogen) atoms. The molecule has 1 nitrogen and oxygen atoms in total. The van der Waals surface area contributed by atoms with E-state index in [0.717, 1.165) is 17.0 Å². The maximum absolute atomic E-state index is 13.4. The normalized spacial score (nSPS) is 10.6. The van der Waals surface area contributed by atoms with Crippen molar-refractivity contribution in [2.75, 3.05) is 5.75 Å². The number of benzene rings is 2. The summed E-state index contributed by atoms with van der Waals surface area (Å²) < 4.78 is 26.8. The maximum Gasteiger partial charge on any atom is 0.147 e. The van der Waals surface area contributed by atoms with Crippen LogP contribution in [0.3, 0.4) is 0 Å². The van der Waals surface area contributed by atoms with Crippen LogP contribution < -0.4 is 0 Å². The van der Waals surface area contributed by atoms with E-state index in [9.17, 15) is 13.6 Å². The van der Waals surface area contributed by atoms with Crippen molar-refractivity contribution in [3.05, 3.63) is 64.7 Å². The molecule has 0 amide bonds. The quantitative estimate of drug-likeness (QED) is 0.755. The van der Waals surface area contributed by atoms with E-state index in [1.54, 1.807) is 18.2 Å². The molecule has 0 heterocycles. The van der Waals surface area contributed by atoms with Crippen LogP contribution in [0.2, 0.25) is 5.02 Å². The lowest BCUT2D eigenvalue weighted by atomic mass is 10.1. The first kappa shape index (κ1) is 15.0. The Morgan fingerprint density at radius 1 is 1.05 bits per heavy atom. The molecule has 0 aliphatic rings. The summed E-state index contributed by atoms with van der Waals surface area (Å²) in [6.07, 6.45) is -0.254. The third kappa shape index (κ3) is 3.81. The van der Waals surface area contributed by atoms with Gasteiger partial charge in [-0.15, -0.1) is 11.8 Å². The molecule has 0 aromatic heterocycles. The highest BCUT2D eigenvalue weighted by Crippen LogP contribution is 2.26. The second kappa shape index (κ2) is 6.86. The predicted octanol–water partition coefficient (Wildman–Crippen LogP) is 4.52. The van der Waals surface area contributed by atoms with Crippen molar-refractivity contribution < 1.29 is 13.6 Å². The molecular formula is C15H11ClF2OS. The topological polar surface area (TPSA) is 17.1 Å². The Kier molecular flexibility index (Phi) is 5.15. The molecule has 2 aromatic carbocycles. The van der Waals surface area contributed by atoms with Gasteiger partial charge in [0.15, 0.2) is 0 Å². The van der Waals surface area contributed by atoms with Gasteiger partial charge in [-0.1, -0.05) is 29.8 Å². The zero-order chi connectivity index (χ0) is 14.5. The molecule has 0 bridgehead atoms. The molecule has 0 spiro atoms. The van der Waals surface area contributed by atoms with Crippen LogP contribution in [-0.4, -0.2) is 11.5 Å². The second-order valence-electron chi connectivity index (χ2n) is 4.13. The minimum atomic E-state index is -0.693. The van der Waals surface area contributed by atoms with Crippen molar-refractivity contribution in [1.82, 2.24) is 0 Å². The van der Waals surface area contributed by atoms with Crippen LogP contribution in [0.1, 0.15) is 5.56 Å². The fraction of sp³-hybridized carbons (Fsp3) is 0.133. The third-order valence-electron chi connectivity index (χ3n) is 2.66. The van der Waals surface area contributed by atoms with Crippen LogP contribution in [0.25, 0.3) is 0 Å². The number of ketones is 1. The first-order chi connectivity index (χ1) is 9.58. The third-order valence-corrected chi connectivity index (χ3v) is 4.24. The van der Waals surface area contributed by atoms with E-state index in [2.05, 4.69) is 0 Å². The average Bonchev–Trinajstić information content (AvgIpc) is 2.42. The Morgan fingerprint density at radius 2 is 1.70 bits per heavy atom. The molecule has 0 N–H and O–H groups in total. The molecule has 0 aliphatic carbocycles. The molecule has 2 aromatic rings. The highest BCUT2D eigenvalue weighted by Gasteiger charge is 2.13. The molecule has 0 fully saturated rings. The fourth-order valence-electron chi connectivity index (χ4n) is 1.67. The molecule has 0 atom stereocenters. The van der Waals surface area contributed by atoms with Crippen molar-refractivity contribution in [2.45, 2.75) is 11.3 Å². The number of thioether (sulfide) groups is 1. The molecule has 0 saturated heterocycles. The number of Topliss-reactive ketones (excluding diaryl/α,β-unsaturated/α-hetero) is 1. The van der Waals surface area contributed by atoms with E-state index < -0.39 is 11.6 Å². The number of carbonyl (C=O) groups is 1. The largest absolute Gasteiger partial charge is 0.298 e. The lowest BCUT2D eigenvalue weighted by Crippen LogP contribution is -2.09. The molecule has 0 aliphatic heterocycles. The fourth-order valence-corrected chi connectivity index (χ4v) is 2.77. The van der Waals surface area contributed by atoms with Gasteiger partial charge in [0, 0.05) is 16.9 Å². The van der Waals surface area contributed by atoms with E-state index in [1.807, 2.05) is 6.07 Å². The van der Waals surface area contributed by atoms with Crippen LogP contribution in [0.4, 0.5) is 8.78 Å². The molecule has 2 rings (SSSR count). The Bertz CT molecular complexity index is 611. The number of rotatable bonds is 5. The highest BCUT2D eigenvalue weighted by atomic mass is 35.5. The van der Waals surface area contributed by atoms with Gasteiger partial charge in [-0.25, -0.2) is 8.78 Å². The highest BCUT2D eigenvalue weighted by molar-refractivity contribution is 8.00. The summed E-state index contributed by atoms with van der Waals surface area (Å²) in [6, 6.07) is 10.7. The Hall–Kier alpha value is -1.39. The number of hydrogen-bond donors (Lipinski definition) is 0. The van der Waals surface area contributed by atoms with E-state index in [0.29, 0.717) is 5.02 Å². The van der Waals surface area contributed by atoms with Crippen molar-refractivity contribution in [2.24, 2.45) is 0 Å². The van der Waals surface area contributed by atoms with Gasteiger partial charge in [-0.2, -0.15) is 0 Å². The van der Waals surface area contributed by atoms with E-state index in [1.165, 1.54) is 17.8 Å². The van der Waals surface area contributed by atoms with E-state index in [-0.39, 0.29) is 23.5 Å². The second-order valence-corrected chi connectivity index (χ2v) is 5.56. The predicted molar refractivity (Wildman–Crippen MR) is 77.2 cm³/mol. The zero-order valence-electron chi connectivity index (χ0n) is 10.4. The minimum absolute atomic E-state index is 0.123. The summed E-state index contributed by atoms with van der Waals surface area (Å²) in [5.41, 5.74) is -0.183. The molecule has 0 unspecified atom stereocenters. The van der Waals surface area contributed by atoms with Gasteiger partial charge < -0.3 is 0 Å². The summed E-state index contributed by atoms with van der Waals surface area (Å²) in [5, 5.41) is 0.558. The van der Waals surface area contributed by atoms with Crippen LogP contribution >= 0.6 is 23.4 Å². The van der Waals surface area contributed by atoms with Gasteiger partial charge in [0.2, 0.25) is 0 Å². The number of hydrogen-bond acceptors (Lipinski definition) is 2.